The molecule has 11 heteroatoms. The van der Waals surface area contributed by atoms with Crippen LogP contribution in [0.2, 0.25) is 0 Å². The minimum atomic E-state index is -2.82. The number of hydrogen-bond donors (Lipinski definition) is 0. The van der Waals surface area contributed by atoms with Gasteiger partial charge in [0.15, 0.2) is 5.65 Å². The highest BCUT2D eigenvalue weighted by Gasteiger charge is 2.24. The Labute approximate surface area is 190 Å². The lowest BCUT2D eigenvalue weighted by Gasteiger charge is -2.17. The topological polar surface area (TPSA) is 77.5 Å². The van der Waals surface area contributed by atoms with Crippen molar-refractivity contribution in [3.63, 3.8) is 0 Å². The van der Waals surface area contributed by atoms with E-state index in [9.17, 15) is 13.6 Å². The molecule has 8 nitrogen and oxygen atoms in total. The molecule has 3 heterocycles. The van der Waals surface area contributed by atoms with Gasteiger partial charge >= 0.3 is 0 Å². The van der Waals surface area contributed by atoms with E-state index in [-0.39, 0.29) is 29.1 Å². The van der Waals surface area contributed by atoms with Crippen LogP contribution in [0.4, 0.5) is 8.78 Å². The molecule has 0 fully saturated rings. The lowest BCUT2D eigenvalue weighted by Crippen LogP contribution is -2.27. The van der Waals surface area contributed by atoms with Crippen LogP contribution >= 0.6 is 15.9 Å². The maximum absolute atomic E-state index is 13.9. The van der Waals surface area contributed by atoms with Crippen molar-refractivity contribution in [3.05, 3.63) is 64.1 Å². The van der Waals surface area contributed by atoms with Crippen molar-refractivity contribution in [1.82, 2.24) is 29.3 Å². The molecule has 4 aromatic rings. The lowest BCUT2D eigenvalue weighted by atomic mass is 10.1. The molecule has 32 heavy (non-hydrogen) atoms. The van der Waals surface area contributed by atoms with Crippen molar-refractivity contribution < 1.29 is 18.3 Å². The zero-order valence-electron chi connectivity index (χ0n) is 17.5. The van der Waals surface area contributed by atoms with Crippen LogP contribution in [0.15, 0.2) is 47.2 Å². The van der Waals surface area contributed by atoms with Gasteiger partial charge in [-0.1, -0.05) is 12.1 Å². The number of benzene rings is 1. The van der Waals surface area contributed by atoms with Gasteiger partial charge in [0.1, 0.15) is 17.0 Å². The summed E-state index contributed by atoms with van der Waals surface area (Å²) in [6, 6.07) is 8.22. The van der Waals surface area contributed by atoms with Crippen molar-refractivity contribution in [1.29, 1.82) is 0 Å². The molecule has 0 saturated carbocycles. The maximum atomic E-state index is 13.9. The number of rotatable bonds is 6. The molecule has 1 aromatic carbocycles. The Kier molecular flexibility index (Phi) is 5.92. The summed E-state index contributed by atoms with van der Waals surface area (Å²) < 4.78 is 36.5. The standard InChI is InChI=1S/C21H19BrF2N6O2/c1-28(11-17-14(22)10-25-29(17)2)21(31)13-9-26-30-16(19(23)24)8-15(27-20(13)30)12-6-4-5-7-18(12)32-3/h4-10,19H,11H2,1-3H3. The number of ether oxygens (including phenoxy) is 1. The summed E-state index contributed by atoms with van der Waals surface area (Å²) in [6.07, 6.45) is 0.0796. The first-order valence-electron chi connectivity index (χ1n) is 9.53. The van der Waals surface area contributed by atoms with Gasteiger partial charge in [0.2, 0.25) is 0 Å². The number of carbonyl (C=O) groups excluding carboxylic acids is 1. The van der Waals surface area contributed by atoms with Crippen molar-refractivity contribution in [2.24, 2.45) is 7.05 Å². The van der Waals surface area contributed by atoms with E-state index in [0.717, 1.165) is 14.7 Å². The highest BCUT2D eigenvalue weighted by Crippen LogP contribution is 2.32. The molecule has 0 aliphatic carbocycles. The first kappa shape index (κ1) is 21.9. The van der Waals surface area contributed by atoms with Gasteiger partial charge in [-0.05, 0) is 34.1 Å². The zero-order valence-corrected chi connectivity index (χ0v) is 19.0. The summed E-state index contributed by atoms with van der Waals surface area (Å²) in [4.78, 5) is 19.2. The molecule has 0 unspecified atom stereocenters. The third-order valence-corrected chi connectivity index (χ3v) is 5.74. The largest absolute Gasteiger partial charge is 0.496 e. The minimum Gasteiger partial charge on any atom is -0.496 e. The van der Waals surface area contributed by atoms with Crippen LogP contribution in [0, 0.1) is 0 Å². The van der Waals surface area contributed by atoms with E-state index in [1.54, 1.807) is 49.2 Å². The number of fused-ring (bicyclic) bond motifs is 1. The predicted octanol–water partition coefficient (Wildman–Crippen LogP) is 4.11. The van der Waals surface area contributed by atoms with Crippen LogP contribution in [0.5, 0.6) is 5.75 Å². The summed E-state index contributed by atoms with van der Waals surface area (Å²) in [5.41, 5.74) is 1.37. The Hall–Kier alpha value is -3.34. The quantitative estimate of drug-likeness (QED) is 0.394. The van der Waals surface area contributed by atoms with Crippen LogP contribution in [-0.4, -0.2) is 49.3 Å². The van der Waals surface area contributed by atoms with Gasteiger partial charge in [0.25, 0.3) is 12.3 Å². The number of para-hydroxylation sites is 1. The molecule has 0 N–H and O–H groups in total. The van der Waals surface area contributed by atoms with Gasteiger partial charge in [-0.25, -0.2) is 18.3 Å². The molecule has 0 aliphatic heterocycles. The number of halogens is 3. The normalized spacial score (nSPS) is 11.3. The van der Waals surface area contributed by atoms with E-state index < -0.39 is 12.3 Å². The number of alkyl halides is 2. The fraction of sp³-hybridized carbons (Fsp3) is 0.238. The maximum Gasteiger partial charge on any atom is 0.280 e. The van der Waals surface area contributed by atoms with Crippen molar-refractivity contribution in [2.45, 2.75) is 13.0 Å². The summed E-state index contributed by atoms with van der Waals surface area (Å²) in [6.45, 7) is 0.251. The molecular formula is C21H19BrF2N6O2. The second-order valence-electron chi connectivity index (χ2n) is 7.08. The molecule has 166 valence electrons. The van der Waals surface area contributed by atoms with Gasteiger partial charge in [-0.3, -0.25) is 9.48 Å². The zero-order chi connectivity index (χ0) is 23.0. The number of aryl methyl sites for hydroxylation is 1. The van der Waals surface area contributed by atoms with Crippen LogP contribution in [0.25, 0.3) is 16.9 Å². The number of nitrogens with zero attached hydrogens (tertiary/aromatic N) is 6. The fourth-order valence-electron chi connectivity index (χ4n) is 3.40. The molecule has 0 spiro atoms. The number of hydrogen-bond acceptors (Lipinski definition) is 5. The van der Waals surface area contributed by atoms with E-state index in [0.29, 0.717) is 11.3 Å². The molecule has 0 aliphatic rings. The minimum absolute atomic E-state index is 0.0460. The molecule has 1 amide bonds. The number of aromatic nitrogens is 5. The first-order valence-corrected chi connectivity index (χ1v) is 10.3. The van der Waals surface area contributed by atoms with Crippen LogP contribution in [0.1, 0.15) is 28.2 Å². The van der Waals surface area contributed by atoms with Crippen LogP contribution in [0.3, 0.4) is 0 Å². The predicted molar refractivity (Wildman–Crippen MR) is 117 cm³/mol. The van der Waals surface area contributed by atoms with E-state index in [1.165, 1.54) is 24.3 Å². The third-order valence-electron chi connectivity index (χ3n) is 5.08. The van der Waals surface area contributed by atoms with Crippen molar-refractivity contribution in [2.75, 3.05) is 14.2 Å². The average molecular weight is 505 g/mol. The van der Waals surface area contributed by atoms with E-state index >= 15 is 0 Å². The Bertz CT molecular complexity index is 1280. The van der Waals surface area contributed by atoms with Gasteiger partial charge in [0.05, 0.1) is 41.9 Å². The molecule has 0 saturated heterocycles. The highest BCUT2D eigenvalue weighted by atomic mass is 79.9. The Morgan fingerprint density at radius 2 is 2.00 bits per heavy atom. The number of amides is 1. The summed E-state index contributed by atoms with van der Waals surface area (Å²) in [5, 5.41) is 8.16. The Morgan fingerprint density at radius 1 is 1.25 bits per heavy atom. The smallest absolute Gasteiger partial charge is 0.280 e. The fourth-order valence-corrected chi connectivity index (χ4v) is 3.88. The molecule has 4 rings (SSSR count). The second-order valence-corrected chi connectivity index (χ2v) is 7.94. The lowest BCUT2D eigenvalue weighted by molar-refractivity contribution is 0.0783. The SMILES string of the molecule is COc1ccccc1-c1cc(C(F)F)n2ncc(C(=O)N(C)Cc3c(Br)cnn3C)c2n1. The number of methoxy groups -OCH3 is 1. The highest BCUT2D eigenvalue weighted by molar-refractivity contribution is 9.10. The third kappa shape index (κ3) is 3.83. The number of carbonyl (C=O) groups is 1. The van der Waals surface area contributed by atoms with Gasteiger partial charge < -0.3 is 9.64 Å². The van der Waals surface area contributed by atoms with Gasteiger partial charge in [-0.2, -0.15) is 10.2 Å². The van der Waals surface area contributed by atoms with Crippen molar-refractivity contribution in [3.8, 4) is 17.0 Å². The van der Waals surface area contributed by atoms with Gasteiger partial charge in [-0.15, -0.1) is 0 Å². The summed E-state index contributed by atoms with van der Waals surface area (Å²) in [5.74, 6) is 0.0770. The first-order chi connectivity index (χ1) is 15.3. The summed E-state index contributed by atoms with van der Waals surface area (Å²) in [7, 11) is 4.87. The van der Waals surface area contributed by atoms with Gasteiger partial charge in [0, 0.05) is 19.7 Å². The van der Waals surface area contributed by atoms with Crippen molar-refractivity contribution >= 4 is 27.5 Å². The monoisotopic (exact) mass is 504 g/mol. The molecule has 3 aromatic heterocycles. The molecule has 0 bridgehead atoms. The van der Waals surface area contributed by atoms with E-state index in [4.69, 9.17) is 4.74 Å². The van der Waals surface area contributed by atoms with Crippen LogP contribution < -0.4 is 4.74 Å². The summed E-state index contributed by atoms with van der Waals surface area (Å²) >= 11 is 3.41. The Morgan fingerprint density at radius 3 is 2.66 bits per heavy atom. The van der Waals surface area contributed by atoms with Crippen LogP contribution in [-0.2, 0) is 13.6 Å². The molecule has 0 atom stereocenters. The van der Waals surface area contributed by atoms with E-state index in [1.807, 2.05) is 0 Å². The van der Waals surface area contributed by atoms with E-state index in [2.05, 4.69) is 31.1 Å². The molecule has 0 radical (unpaired) electrons. The Balaban J connectivity index is 1.80. The average Bonchev–Trinajstić information content (AvgIpc) is 3.36. The molecular weight excluding hydrogens is 486 g/mol. The second kappa shape index (κ2) is 8.65.